The van der Waals surface area contributed by atoms with Crippen LogP contribution in [0.25, 0.3) is 5.57 Å². The molecular weight excluding hydrogens is 336 g/mol. The van der Waals surface area contributed by atoms with Crippen LogP contribution in [0.4, 0.5) is 11.4 Å². The van der Waals surface area contributed by atoms with Gasteiger partial charge in [0, 0.05) is 5.69 Å². The highest BCUT2D eigenvalue weighted by Crippen LogP contribution is 2.33. The first-order valence-electron chi connectivity index (χ1n) is 7.49. The number of amides is 2. The van der Waals surface area contributed by atoms with E-state index in [1.807, 2.05) is 25.1 Å². The van der Waals surface area contributed by atoms with E-state index < -0.39 is 5.91 Å². The molecule has 0 radical (unpaired) electrons. The zero-order valence-electron chi connectivity index (χ0n) is 13.4. The second-order valence-electron chi connectivity index (χ2n) is 5.43. The van der Waals surface area contributed by atoms with Crippen molar-refractivity contribution in [1.29, 1.82) is 0 Å². The highest BCUT2D eigenvalue weighted by Gasteiger charge is 2.26. The highest BCUT2D eigenvalue weighted by molar-refractivity contribution is 8.18. The van der Waals surface area contributed by atoms with Crippen molar-refractivity contribution in [1.82, 2.24) is 5.32 Å². The molecule has 5 N–H and O–H groups in total. The molecule has 6 nitrogen and oxygen atoms in total. The van der Waals surface area contributed by atoms with Crippen molar-refractivity contribution in [2.24, 2.45) is 10.7 Å². The fourth-order valence-corrected chi connectivity index (χ4v) is 3.31. The number of benzene rings is 2. The first kappa shape index (κ1) is 16.8. The number of rotatable bonds is 3. The Labute approximate surface area is 149 Å². The van der Waals surface area contributed by atoms with Crippen LogP contribution in [0, 0.1) is 0 Å². The van der Waals surface area contributed by atoms with Crippen LogP contribution in [-0.2, 0) is 4.79 Å². The third kappa shape index (κ3) is 3.56. The molecule has 3 rings (SSSR count). The van der Waals surface area contributed by atoms with Gasteiger partial charge in [0.1, 0.15) is 0 Å². The van der Waals surface area contributed by atoms with Crippen molar-refractivity contribution < 1.29 is 9.59 Å². The molecule has 0 aliphatic carbocycles. The number of allylic oxidation sites excluding steroid dienone is 1. The molecule has 0 unspecified atom stereocenters. The van der Waals surface area contributed by atoms with Crippen LogP contribution >= 0.6 is 11.8 Å². The molecule has 2 amide bonds. The molecule has 1 aliphatic heterocycles. The Bertz CT molecular complexity index is 934. The fourth-order valence-electron chi connectivity index (χ4n) is 2.41. The van der Waals surface area contributed by atoms with Gasteiger partial charge in [0.15, 0.2) is 5.17 Å². The summed E-state index contributed by atoms with van der Waals surface area (Å²) in [6.45, 7) is 1.86. The van der Waals surface area contributed by atoms with E-state index >= 15 is 0 Å². The zero-order chi connectivity index (χ0) is 18.0. The largest absolute Gasteiger partial charge is 0.399 e. The molecule has 2 aromatic carbocycles. The van der Waals surface area contributed by atoms with Crippen LogP contribution in [0.2, 0.25) is 0 Å². The predicted molar refractivity (Wildman–Crippen MR) is 101 cm³/mol. The number of hydrogen-bond donors (Lipinski definition) is 3. The van der Waals surface area contributed by atoms with Gasteiger partial charge in [-0.3, -0.25) is 9.59 Å². The van der Waals surface area contributed by atoms with Crippen molar-refractivity contribution in [3.05, 3.63) is 64.6 Å². The van der Waals surface area contributed by atoms with Gasteiger partial charge in [-0.05, 0) is 54.1 Å². The van der Waals surface area contributed by atoms with Crippen molar-refractivity contribution in [2.45, 2.75) is 6.92 Å². The van der Waals surface area contributed by atoms with Gasteiger partial charge >= 0.3 is 0 Å². The lowest BCUT2D eigenvalue weighted by atomic mass is 10.1. The van der Waals surface area contributed by atoms with Gasteiger partial charge in [0.25, 0.3) is 11.8 Å². The maximum Gasteiger partial charge on any atom is 0.264 e. The number of amidine groups is 1. The van der Waals surface area contributed by atoms with Gasteiger partial charge in [-0.1, -0.05) is 24.3 Å². The number of nitrogens with one attached hydrogen (secondary N) is 1. The summed E-state index contributed by atoms with van der Waals surface area (Å²) < 4.78 is 0. The number of nitrogens with two attached hydrogens (primary N) is 2. The lowest BCUT2D eigenvalue weighted by Crippen LogP contribution is -2.20. The molecule has 0 spiro atoms. The van der Waals surface area contributed by atoms with Gasteiger partial charge in [-0.25, -0.2) is 4.99 Å². The minimum atomic E-state index is -0.569. The molecule has 25 heavy (non-hydrogen) atoms. The number of anilines is 1. The second-order valence-corrected chi connectivity index (χ2v) is 6.43. The number of hydrogen-bond acceptors (Lipinski definition) is 5. The van der Waals surface area contributed by atoms with Crippen LogP contribution in [0.15, 0.2) is 58.4 Å². The van der Waals surface area contributed by atoms with E-state index in [9.17, 15) is 9.59 Å². The number of primary amides is 1. The number of para-hydroxylation sites is 1. The summed E-state index contributed by atoms with van der Waals surface area (Å²) in [6.07, 6.45) is 0. The Hall–Kier alpha value is -3.06. The standard InChI is InChI=1S/C18H16N4O2S/c1-10(11-5-4-6-12(19)9-11)15-17(24)22-18(25-15)21-14-8-3-2-7-13(14)16(20)23/h2-9H,19H2,1H3,(H2,20,23)(H,21,22,24)/b15-10-. The lowest BCUT2D eigenvalue weighted by molar-refractivity contribution is -0.115. The minimum Gasteiger partial charge on any atom is -0.399 e. The Morgan fingerprint density at radius 2 is 1.92 bits per heavy atom. The zero-order valence-corrected chi connectivity index (χ0v) is 14.3. The van der Waals surface area contributed by atoms with Crippen molar-refractivity contribution >= 4 is 45.7 Å². The van der Waals surface area contributed by atoms with Crippen molar-refractivity contribution in [2.75, 3.05) is 5.73 Å². The van der Waals surface area contributed by atoms with Gasteiger partial charge in [-0.2, -0.15) is 0 Å². The quantitative estimate of drug-likeness (QED) is 0.582. The SMILES string of the molecule is C/C(=C1/SC(=Nc2ccccc2C(N)=O)NC1=O)c1cccc(N)c1. The molecule has 0 saturated carbocycles. The average Bonchev–Trinajstić information content (AvgIpc) is 2.94. The maximum absolute atomic E-state index is 12.3. The Kier molecular flexibility index (Phi) is 4.58. The number of thioether (sulfide) groups is 1. The fraction of sp³-hybridized carbons (Fsp3) is 0.0556. The maximum atomic E-state index is 12.3. The molecule has 1 saturated heterocycles. The molecule has 1 fully saturated rings. The summed E-state index contributed by atoms with van der Waals surface area (Å²) >= 11 is 1.22. The molecule has 126 valence electrons. The Balaban J connectivity index is 1.96. The molecular formula is C18H16N4O2S. The Morgan fingerprint density at radius 3 is 2.64 bits per heavy atom. The summed E-state index contributed by atoms with van der Waals surface area (Å²) in [4.78, 5) is 28.7. The summed E-state index contributed by atoms with van der Waals surface area (Å²) in [5.41, 5.74) is 14.2. The highest BCUT2D eigenvalue weighted by atomic mass is 32.2. The number of carbonyl (C=O) groups excluding carboxylic acids is 2. The number of nitrogens with zero attached hydrogens (tertiary/aromatic N) is 1. The van der Waals surface area contributed by atoms with Crippen molar-refractivity contribution in [3.8, 4) is 0 Å². The molecule has 0 atom stereocenters. The number of carbonyl (C=O) groups is 2. The Morgan fingerprint density at radius 1 is 1.16 bits per heavy atom. The van der Waals surface area contributed by atoms with E-state index in [1.165, 1.54) is 11.8 Å². The van der Waals surface area contributed by atoms with Gasteiger partial charge in [0.2, 0.25) is 0 Å². The smallest absolute Gasteiger partial charge is 0.264 e. The van der Waals surface area contributed by atoms with E-state index in [4.69, 9.17) is 11.5 Å². The summed E-state index contributed by atoms with van der Waals surface area (Å²) in [5, 5.41) is 3.12. The van der Waals surface area contributed by atoms with E-state index in [2.05, 4.69) is 10.3 Å². The van der Waals surface area contributed by atoms with Gasteiger partial charge in [-0.15, -0.1) is 0 Å². The lowest BCUT2D eigenvalue weighted by Gasteiger charge is -2.04. The third-order valence-corrected chi connectivity index (χ3v) is 4.76. The van der Waals surface area contributed by atoms with E-state index in [-0.39, 0.29) is 5.91 Å². The predicted octanol–water partition coefficient (Wildman–Crippen LogP) is 2.65. The number of nitrogen functional groups attached to an aromatic ring is 1. The minimum absolute atomic E-state index is 0.236. The second kappa shape index (κ2) is 6.82. The van der Waals surface area contributed by atoms with E-state index in [0.29, 0.717) is 27.0 Å². The van der Waals surface area contributed by atoms with E-state index in [0.717, 1.165) is 11.1 Å². The monoisotopic (exact) mass is 352 g/mol. The average molecular weight is 352 g/mol. The summed E-state index contributed by atoms with van der Waals surface area (Å²) in [5.74, 6) is -0.804. The van der Waals surface area contributed by atoms with Crippen LogP contribution in [-0.4, -0.2) is 17.0 Å². The van der Waals surface area contributed by atoms with Crippen LogP contribution in [0.5, 0.6) is 0 Å². The summed E-state index contributed by atoms with van der Waals surface area (Å²) in [7, 11) is 0. The third-order valence-electron chi connectivity index (χ3n) is 3.68. The van der Waals surface area contributed by atoms with Crippen LogP contribution in [0.3, 0.4) is 0 Å². The molecule has 1 aliphatic rings. The van der Waals surface area contributed by atoms with Crippen molar-refractivity contribution in [3.63, 3.8) is 0 Å². The molecule has 2 aromatic rings. The molecule has 7 heteroatoms. The van der Waals surface area contributed by atoms with Gasteiger partial charge < -0.3 is 16.8 Å². The van der Waals surface area contributed by atoms with Crippen LogP contribution in [0.1, 0.15) is 22.8 Å². The topological polar surface area (TPSA) is 111 Å². The van der Waals surface area contributed by atoms with Crippen LogP contribution < -0.4 is 16.8 Å². The van der Waals surface area contributed by atoms with Gasteiger partial charge in [0.05, 0.1) is 16.2 Å². The normalized spacial score (nSPS) is 17.5. The summed E-state index contributed by atoms with van der Waals surface area (Å²) in [6, 6.07) is 14.1. The first-order valence-corrected chi connectivity index (χ1v) is 8.31. The molecule has 1 heterocycles. The first-order chi connectivity index (χ1) is 12.0. The molecule has 0 bridgehead atoms. The number of aliphatic imine (C=N–C) groups is 1. The molecule has 0 aromatic heterocycles. The van der Waals surface area contributed by atoms with E-state index in [1.54, 1.807) is 30.3 Å².